The highest BCUT2D eigenvalue weighted by Crippen LogP contribution is 2.31. The Hall–Kier alpha value is -2.87. The molecular formula is C17H17ClN4O4. The molecule has 136 valence electrons. The number of halogens is 1. The highest BCUT2D eigenvalue weighted by atomic mass is 35.5. The number of carbonyl (C=O) groups is 1. The third kappa shape index (κ3) is 3.55. The van der Waals surface area contributed by atoms with Gasteiger partial charge in [0.1, 0.15) is 11.3 Å². The van der Waals surface area contributed by atoms with E-state index in [0.29, 0.717) is 42.5 Å². The summed E-state index contributed by atoms with van der Waals surface area (Å²) in [6, 6.07) is 7.96. The number of aromatic nitrogens is 1. The molecule has 26 heavy (non-hydrogen) atoms. The van der Waals surface area contributed by atoms with Crippen molar-refractivity contribution in [1.29, 1.82) is 0 Å². The number of ether oxygens (including phenoxy) is 1. The summed E-state index contributed by atoms with van der Waals surface area (Å²) in [5, 5.41) is 11.6. The number of anilines is 1. The molecule has 3 rings (SSSR count). The van der Waals surface area contributed by atoms with E-state index in [9.17, 15) is 14.9 Å². The largest absolute Gasteiger partial charge is 0.480 e. The SMILES string of the molecule is COc1ncccc1C(=O)N1CCN(c2ccc(Cl)cc2[N+](=O)[O-])CC1. The molecule has 0 saturated carbocycles. The summed E-state index contributed by atoms with van der Waals surface area (Å²) in [4.78, 5) is 31.2. The molecule has 1 aromatic carbocycles. The third-order valence-electron chi connectivity index (χ3n) is 4.24. The number of carbonyl (C=O) groups excluding carboxylic acids is 1. The Morgan fingerprint density at radius 1 is 1.27 bits per heavy atom. The van der Waals surface area contributed by atoms with Crippen molar-refractivity contribution in [3.8, 4) is 5.88 Å². The van der Waals surface area contributed by atoms with Gasteiger partial charge in [-0.1, -0.05) is 11.6 Å². The number of piperazine rings is 1. The van der Waals surface area contributed by atoms with Crippen molar-refractivity contribution >= 4 is 28.9 Å². The van der Waals surface area contributed by atoms with Crippen molar-refractivity contribution in [2.75, 3.05) is 38.2 Å². The van der Waals surface area contributed by atoms with Gasteiger partial charge < -0.3 is 14.5 Å². The maximum atomic E-state index is 12.7. The number of nitro groups is 1. The summed E-state index contributed by atoms with van der Waals surface area (Å²) in [5.74, 6) is 0.119. The number of amides is 1. The molecular weight excluding hydrogens is 360 g/mol. The number of pyridine rings is 1. The van der Waals surface area contributed by atoms with Crippen molar-refractivity contribution in [2.45, 2.75) is 0 Å². The summed E-state index contributed by atoms with van der Waals surface area (Å²) >= 11 is 5.87. The van der Waals surface area contributed by atoms with Gasteiger partial charge >= 0.3 is 0 Å². The Balaban J connectivity index is 1.74. The molecule has 0 spiro atoms. The predicted molar refractivity (Wildman–Crippen MR) is 97.0 cm³/mol. The first-order valence-electron chi connectivity index (χ1n) is 7.98. The molecule has 1 fully saturated rings. The van der Waals surface area contributed by atoms with Crippen LogP contribution in [0.3, 0.4) is 0 Å². The van der Waals surface area contributed by atoms with E-state index in [4.69, 9.17) is 16.3 Å². The van der Waals surface area contributed by atoms with Gasteiger partial charge in [0.05, 0.1) is 12.0 Å². The molecule has 0 N–H and O–H groups in total. The zero-order chi connectivity index (χ0) is 18.7. The third-order valence-corrected chi connectivity index (χ3v) is 4.47. The van der Waals surface area contributed by atoms with Gasteiger partial charge in [-0.2, -0.15) is 0 Å². The van der Waals surface area contributed by atoms with Gasteiger partial charge in [-0.05, 0) is 24.3 Å². The van der Waals surface area contributed by atoms with Crippen LogP contribution in [0.4, 0.5) is 11.4 Å². The zero-order valence-electron chi connectivity index (χ0n) is 14.1. The molecule has 2 heterocycles. The minimum absolute atomic E-state index is 0.0359. The van der Waals surface area contributed by atoms with Crippen molar-refractivity contribution < 1.29 is 14.5 Å². The maximum Gasteiger partial charge on any atom is 0.294 e. The highest BCUT2D eigenvalue weighted by Gasteiger charge is 2.27. The summed E-state index contributed by atoms with van der Waals surface area (Å²) in [6.07, 6.45) is 1.56. The first-order chi connectivity index (χ1) is 12.5. The Bertz CT molecular complexity index is 837. The average Bonchev–Trinajstić information content (AvgIpc) is 2.67. The number of benzene rings is 1. The Labute approximate surface area is 155 Å². The zero-order valence-corrected chi connectivity index (χ0v) is 14.8. The molecule has 1 aliphatic rings. The Kier molecular flexibility index (Phi) is 5.22. The van der Waals surface area contributed by atoms with Gasteiger partial charge in [0.2, 0.25) is 5.88 Å². The van der Waals surface area contributed by atoms with E-state index in [1.807, 2.05) is 4.90 Å². The average molecular weight is 377 g/mol. The number of hydrogen-bond acceptors (Lipinski definition) is 6. The first kappa shape index (κ1) is 17.9. The lowest BCUT2D eigenvalue weighted by Gasteiger charge is -2.35. The van der Waals surface area contributed by atoms with Crippen LogP contribution in [0.15, 0.2) is 36.5 Å². The molecule has 0 atom stereocenters. The second-order valence-electron chi connectivity index (χ2n) is 5.73. The standard InChI is InChI=1S/C17H17ClN4O4/c1-26-16-13(3-2-6-19-16)17(23)21-9-7-20(8-10-21)14-5-4-12(18)11-15(14)22(24)25/h2-6,11H,7-10H2,1H3. The molecule has 1 aromatic heterocycles. The molecule has 0 bridgehead atoms. The van der Waals surface area contributed by atoms with E-state index in [0.717, 1.165) is 0 Å². The summed E-state index contributed by atoms with van der Waals surface area (Å²) in [7, 11) is 1.47. The van der Waals surface area contributed by atoms with Gasteiger partial charge in [0.15, 0.2) is 0 Å². The number of hydrogen-bond donors (Lipinski definition) is 0. The molecule has 0 unspecified atom stereocenters. The lowest BCUT2D eigenvalue weighted by molar-refractivity contribution is -0.384. The van der Waals surface area contributed by atoms with Gasteiger partial charge in [0.25, 0.3) is 11.6 Å². The van der Waals surface area contributed by atoms with Crippen LogP contribution in [0.5, 0.6) is 5.88 Å². The summed E-state index contributed by atoms with van der Waals surface area (Å²) in [5.41, 5.74) is 0.873. The number of rotatable bonds is 4. The molecule has 9 heteroatoms. The van der Waals surface area contributed by atoms with Gasteiger partial charge in [-0.15, -0.1) is 0 Å². The van der Waals surface area contributed by atoms with Crippen molar-refractivity contribution in [3.63, 3.8) is 0 Å². The molecule has 0 aliphatic carbocycles. The van der Waals surface area contributed by atoms with Crippen LogP contribution in [0.2, 0.25) is 5.02 Å². The second kappa shape index (κ2) is 7.57. The van der Waals surface area contributed by atoms with Gasteiger partial charge in [0, 0.05) is 43.5 Å². The van der Waals surface area contributed by atoms with E-state index in [-0.39, 0.29) is 17.5 Å². The van der Waals surface area contributed by atoms with Crippen LogP contribution < -0.4 is 9.64 Å². The Morgan fingerprint density at radius 2 is 2.00 bits per heavy atom. The fourth-order valence-corrected chi connectivity index (χ4v) is 3.11. The fourth-order valence-electron chi connectivity index (χ4n) is 2.95. The summed E-state index contributed by atoms with van der Waals surface area (Å²) in [6.45, 7) is 1.85. The lowest BCUT2D eigenvalue weighted by atomic mass is 10.2. The first-order valence-corrected chi connectivity index (χ1v) is 8.36. The van der Waals surface area contributed by atoms with E-state index >= 15 is 0 Å². The van der Waals surface area contributed by atoms with Crippen LogP contribution in [-0.4, -0.2) is 54.0 Å². The van der Waals surface area contributed by atoms with E-state index < -0.39 is 4.92 Å². The van der Waals surface area contributed by atoms with Gasteiger partial charge in [-0.3, -0.25) is 14.9 Å². The van der Waals surface area contributed by atoms with E-state index in [1.54, 1.807) is 35.4 Å². The maximum absolute atomic E-state index is 12.7. The second-order valence-corrected chi connectivity index (χ2v) is 6.17. The molecule has 1 amide bonds. The molecule has 1 aliphatic heterocycles. The normalized spacial score (nSPS) is 14.2. The fraction of sp³-hybridized carbons (Fsp3) is 0.294. The van der Waals surface area contributed by atoms with Gasteiger partial charge in [-0.25, -0.2) is 4.98 Å². The van der Waals surface area contributed by atoms with Crippen LogP contribution in [-0.2, 0) is 0 Å². The molecule has 2 aromatic rings. The highest BCUT2D eigenvalue weighted by molar-refractivity contribution is 6.30. The van der Waals surface area contributed by atoms with Crippen molar-refractivity contribution in [2.24, 2.45) is 0 Å². The number of methoxy groups -OCH3 is 1. The monoisotopic (exact) mass is 376 g/mol. The topological polar surface area (TPSA) is 88.8 Å². The predicted octanol–water partition coefficient (Wildman–Crippen LogP) is 2.61. The van der Waals surface area contributed by atoms with Crippen LogP contribution in [0.1, 0.15) is 10.4 Å². The minimum Gasteiger partial charge on any atom is -0.480 e. The minimum atomic E-state index is -0.445. The molecule has 0 radical (unpaired) electrons. The quantitative estimate of drug-likeness (QED) is 0.602. The van der Waals surface area contributed by atoms with Crippen LogP contribution in [0.25, 0.3) is 0 Å². The van der Waals surface area contributed by atoms with E-state index in [2.05, 4.69) is 4.98 Å². The van der Waals surface area contributed by atoms with Crippen molar-refractivity contribution in [1.82, 2.24) is 9.88 Å². The lowest BCUT2D eigenvalue weighted by Crippen LogP contribution is -2.49. The van der Waals surface area contributed by atoms with Crippen molar-refractivity contribution in [3.05, 3.63) is 57.2 Å². The van der Waals surface area contributed by atoms with E-state index in [1.165, 1.54) is 13.2 Å². The number of nitro benzene ring substituents is 1. The van der Waals surface area contributed by atoms with Crippen LogP contribution >= 0.6 is 11.6 Å². The molecule has 8 nitrogen and oxygen atoms in total. The van der Waals surface area contributed by atoms with Crippen LogP contribution in [0, 0.1) is 10.1 Å². The Morgan fingerprint density at radius 3 is 2.65 bits per heavy atom. The molecule has 1 saturated heterocycles. The smallest absolute Gasteiger partial charge is 0.294 e. The summed E-state index contributed by atoms with van der Waals surface area (Å²) < 4.78 is 5.14. The number of nitrogens with zero attached hydrogens (tertiary/aromatic N) is 4.